The molecule has 116 valence electrons. The van der Waals surface area contributed by atoms with Gasteiger partial charge in [0.15, 0.2) is 0 Å². The molecule has 0 bridgehead atoms. The number of rotatable bonds is 5. The summed E-state index contributed by atoms with van der Waals surface area (Å²) in [7, 11) is 0. The molecule has 0 spiro atoms. The number of pyridine rings is 1. The maximum absolute atomic E-state index is 11.0. The van der Waals surface area contributed by atoms with Gasteiger partial charge < -0.3 is 15.3 Å². The van der Waals surface area contributed by atoms with E-state index in [-0.39, 0.29) is 11.8 Å². The molecule has 2 rings (SSSR count). The molecule has 1 aromatic heterocycles. The van der Waals surface area contributed by atoms with Crippen molar-refractivity contribution in [1.82, 2.24) is 4.98 Å². The highest BCUT2D eigenvalue weighted by atomic mass is 16.6. The van der Waals surface area contributed by atoms with Gasteiger partial charge in [0, 0.05) is 19.6 Å². The van der Waals surface area contributed by atoms with Gasteiger partial charge in [-0.15, -0.1) is 0 Å². The van der Waals surface area contributed by atoms with Gasteiger partial charge in [-0.25, -0.2) is 4.98 Å². The SMILES string of the molecule is CCNc1cc([N+](=O)[O-])cc(N2CCC(C(C)O)CC2)n1. The van der Waals surface area contributed by atoms with Crippen molar-refractivity contribution in [3.05, 3.63) is 22.2 Å². The number of aliphatic hydroxyl groups excluding tert-OH is 1. The van der Waals surface area contributed by atoms with Gasteiger partial charge in [0.2, 0.25) is 0 Å². The first-order valence-electron chi connectivity index (χ1n) is 7.34. The predicted octanol–water partition coefficient (Wildman–Crippen LogP) is 2.02. The fourth-order valence-corrected chi connectivity index (χ4v) is 2.65. The van der Waals surface area contributed by atoms with Crippen molar-refractivity contribution in [2.24, 2.45) is 5.92 Å². The third-order valence-corrected chi connectivity index (χ3v) is 3.91. The molecule has 1 aromatic rings. The van der Waals surface area contributed by atoms with E-state index in [1.165, 1.54) is 12.1 Å². The Bertz CT molecular complexity index is 499. The molecule has 1 unspecified atom stereocenters. The lowest BCUT2D eigenvalue weighted by molar-refractivity contribution is -0.384. The summed E-state index contributed by atoms with van der Waals surface area (Å²) in [6.45, 7) is 5.92. The number of hydrogen-bond acceptors (Lipinski definition) is 6. The quantitative estimate of drug-likeness (QED) is 0.637. The van der Waals surface area contributed by atoms with Crippen LogP contribution in [0, 0.1) is 16.0 Å². The van der Waals surface area contributed by atoms with Crippen LogP contribution in [0.5, 0.6) is 0 Å². The highest BCUT2D eigenvalue weighted by Crippen LogP contribution is 2.28. The molecule has 1 aliphatic rings. The molecule has 0 saturated carbocycles. The van der Waals surface area contributed by atoms with Gasteiger partial charge in [0.05, 0.1) is 23.2 Å². The van der Waals surface area contributed by atoms with Gasteiger partial charge in [-0.2, -0.15) is 0 Å². The Balaban J connectivity index is 2.17. The molecule has 1 aliphatic heterocycles. The zero-order valence-corrected chi connectivity index (χ0v) is 12.5. The molecule has 1 fully saturated rings. The maximum atomic E-state index is 11.0. The number of hydrogen-bond donors (Lipinski definition) is 2. The molecule has 1 saturated heterocycles. The van der Waals surface area contributed by atoms with Gasteiger partial charge >= 0.3 is 0 Å². The Morgan fingerprint density at radius 3 is 2.71 bits per heavy atom. The Morgan fingerprint density at radius 2 is 2.19 bits per heavy atom. The van der Waals surface area contributed by atoms with E-state index in [9.17, 15) is 15.2 Å². The number of piperidine rings is 1. The number of nitrogens with zero attached hydrogens (tertiary/aromatic N) is 3. The number of nitro groups is 1. The van der Waals surface area contributed by atoms with Gasteiger partial charge in [-0.05, 0) is 32.6 Å². The average molecular weight is 294 g/mol. The van der Waals surface area contributed by atoms with Crippen LogP contribution in [0.15, 0.2) is 12.1 Å². The van der Waals surface area contributed by atoms with E-state index in [0.717, 1.165) is 25.9 Å². The van der Waals surface area contributed by atoms with Crippen molar-refractivity contribution in [2.75, 3.05) is 29.9 Å². The Morgan fingerprint density at radius 1 is 1.52 bits per heavy atom. The van der Waals surface area contributed by atoms with Crippen LogP contribution in [0.25, 0.3) is 0 Å². The van der Waals surface area contributed by atoms with E-state index in [4.69, 9.17) is 0 Å². The Labute approximate surface area is 124 Å². The summed E-state index contributed by atoms with van der Waals surface area (Å²) in [4.78, 5) is 17.1. The molecule has 7 heteroatoms. The Kier molecular flexibility index (Phi) is 4.95. The Hall–Kier alpha value is -1.89. The fraction of sp³-hybridized carbons (Fsp3) is 0.643. The minimum atomic E-state index is -0.394. The molecule has 0 aliphatic carbocycles. The first-order valence-corrected chi connectivity index (χ1v) is 7.34. The minimum absolute atomic E-state index is 0.0496. The summed E-state index contributed by atoms with van der Waals surface area (Å²) in [5, 5.41) is 23.7. The number of aromatic nitrogens is 1. The van der Waals surface area contributed by atoms with Crippen LogP contribution in [0.3, 0.4) is 0 Å². The molecular formula is C14H22N4O3. The van der Waals surface area contributed by atoms with Gasteiger partial charge in [-0.1, -0.05) is 0 Å². The predicted molar refractivity (Wildman–Crippen MR) is 81.7 cm³/mol. The van der Waals surface area contributed by atoms with Crippen LogP contribution >= 0.6 is 0 Å². The van der Waals surface area contributed by atoms with Crippen LogP contribution < -0.4 is 10.2 Å². The number of aliphatic hydroxyl groups is 1. The third kappa shape index (κ3) is 3.81. The van der Waals surface area contributed by atoms with Crippen LogP contribution in [0.2, 0.25) is 0 Å². The van der Waals surface area contributed by atoms with Crippen LogP contribution in [-0.2, 0) is 0 Å². The highest BCUT2D eigenvalue weighted by Gasteiger charge is 2.24. The molecule has 0 radical (unpaired) electrons. The second-order valence-corrected chi connectivity index (χ2v) is 5.42. The lowest BCUT2D eigenvalue weighted by Gasteiger charge is -2.34. The molecule has 0 aromatic carbocycles. The van der Waals surface area contributed by atoms with Gasteiger partial charge in [0.25, 0.3) is 5.69 Å². The van der Waals surface area contributed by atoms with Crippen LogP contribution in [0.1, 0.15) is 26.7 Å². The number of anilines is 2. The smallest absolute Gasteiger partial charge is 0.276 e. The summed E-state index contributed by atoms with van der Waals surface area (Å²) in [5.41, 5.74) is 0.0496. The van der Waals surface area contributed by atoms with E-state index in [0.29, 0.717) is 24.1 Å². The lowest BCUT2D eigenvalue weighted by Crippen LogP contribution is -2.37. The molecule has 0 amide bonds. The molecule has 1 atom stereocenters. The van der Waals surface area contributed by atoms with Crippen molar-refractivity contribution in [3.8, 4) is 0 Å². The summed E-state index contributed by atoms with van der Waals surface area (Å²) in [6.07, 6.45) is 1.44. The second-order valence-electron chi connectivity index (χ2n) is 5.42. The zero-order chi connectivity index (χ0) is 15.4. The number of nitrogens with one attached hydrogen (secondary N) is 1. The summed E-state index contributed by atoms with van der Waals surface area (Å²) >= 11 is 0. The van der Waals surface area contributed by atoms with E-state index in [1.54, 1.807) is 0 Å². The summed E-state index contributed by atoms with van der Waals surface area (Å²) in [6, 6.07) is 2.97. The minimum Gasteiger partial charge on any atom is -0.393 e. The van der Waals surface area contributed by atoms with Crippen molar-refractivity contribution in [1.29, 1.82) is 0 Å². The fourth-order valence-electron chi connectivity index (χ4n) is 2.65. The zero-order valence-electron chi connectivity index (χ0n) is 12.5. The van der Waals surface area contributed by atoms with Gasteiger partial charge in [-0.3, -0.25) is 10.1 Å². The second kappa shape index (κ2) is 6.71. The van der Waals surface area contributed by atoms with E-state index in [2.05, 4.69) is 10.3 Å². The largest absolute Gasteiger partial charge is 0.393 e. The lowest BCUT2D eigenvalue weighted by atomic mass is 9.92. The maximum Gasteiger partial charge on any atom is 0.276 e. The molecule has 2 heterocycles. The van der Waals surface area contributed by atoms with Crippen molar-refractivity contribution in [3.63, 3.8) is 0 Å². The van der Waals surface area contributed by atoms with Crippen LogP contribution in [-0.4, -0.2) is 40.8 Å². The molecular weight excluding hydrogens is 272 g/mol. The van der Waals surface area contributed by atoms with Crippen LogP contribution in [0.4, 0.5) is 17.3 Å². The molecule has 21 heavy (non-hydrogen) atoms. The third-order valence-electron chi connectivity index (χ3n) is 3.91. The standard InChI is InChI=1S/C14H22N4O3/c1-3-15-13-8-12(18(20)21)9-14(16-13)17-6-4-11(5-7-17)10(2)19/h8-11,19H,3-7H2,1-2H3,(H,15,16). The first kappa shape index (κ1) is 15.5. The first-order chi connectivity index (χ1) is 10.0. The average Bonchev–Trinajstić information content (AvgIpc) is 2.47. The summed E-state index contributed by atoms with van der Waals surface area (Å²) in [5.74, 6) is 1.46. The van der Waals surface area contributed by atoms with Crippen molar-refractivity contribution >= 4 is 17.3 Å². The molecule has 7 nitrogen and oxygen atoms in total. The van der Waals surface area contributed by atoms with E-state index < -0.39 is 4.92 Å². The molecule has 2 N–H and O–H groups in total. The summed E-state index contributed by atoms with van der Waals surface area (Å²) < 4.78 is 0. The normalized spacial score (nSPS) is 17.6. The van der Waals surface area contributed by atoms with E-state index in [1.807, 2.05) is 18.7 Å². The van der Waals surface area contributed by atoms with E-state index >= 15 is 0 Å². The van der Waals surface area contributed by atoms with Gasteiger partial charge in [0.1, 0.15) is 11.6 Å². The highest BCUT2D eigenvalue weighted by molar-refractivity contribution is 5.56. The van der Waals surface area contributed by atoms with Crippen molar-refractivity contribution < 1.29 is 10.0 Å². The topological polar surface area (TPSA) is 91.5 Å². The van der Waals surface area contributed by atoms with Crippen molar-refractivity contribution in [2.45, 2.75) is 32.8 Å². The monoisotopic (exact) mass is 294 g/mol.